The highest BCUT2D eigenvalue weighted by molar-refractivity contribution is 5.94. The molecule has 0 spiro atoms. The molecule has 172 valence electrons. The summed E-state index contributed by atoms with van der Waals surface area (Å²) in [4.78, 5) is 28.5. The Balaban J connectivity index is 1.47. The van der Waals surface area contributed by atoms with Crippen LogP contribution in [0.2, 0.25) is 0 Å². The van der Waals surface area contributed by atoms with Gasteiger partial charge in [0.05, 0.1) is 5.69 Å². The summed E-state index contributed by atoms with van der Waals surface area (Å²) in [6.45, 7) is 6.51. The topological polar surface area (TPSA) is 89.5 Å². The molecular weight excluding hydrogens is 418 g/mol. The van der Waals surface area contributed by atoms with Crippen LogP contribution >= 0.6 is 0 Å². The number of pyridine rings is 1. The van der Waals surface area contributed by atoms with E-state index in [0.29, 0.717) is 31.0 Å². The molecule has 3 rings (SSSR count). The summed E-state index contributed by atoms with van der Waals surface area (Å²) >= 11 is 0. The van der Waals surface area contributed by atoms with E-state index in [9.17, 15) is 9.59 Å². The van der Waals surface area contributed by atoms with Crippen molar-refractivity contribution < 1.29 is 19.1 Å². The Morgan fingerprint density at radius 2 is 1.64 bits per heavy atom. The lowest BCUT2D eigenvalue weighted by molar-refractivity contribution is 0.0523. The van der Waals surface area contributed by atoms with Crippen molar-refractivity contribution in [3.63, 3.8) is 0 Å². The number of ether oxygens (including phenoxy) is 2. The van der Waals surface area contributed by atoms with Crippen LogP contribution in [0, 0.1) is 0 Å². The maximum atomic E-state index is 12.5. The molecular formula is C26H29N3O4. The van der Waals surface area contributed by atoms with Gasteiger partial charge in [-0.25, -0.2) is 4.79 Å². The van der Waals surface area contributed by atoms with E-state index in [1.165, 1.54) is 0 Å². The Hall–Kier alpha value is -3.87. The Bertz CT molecular complexity index is 1060. The number of hydrogen-bond acceptors (Lipinski definition) is 5. The van der Waals surface area contributed by atoms with Gasteiger partial charge in [-0.1, -0.05) is 30.3 Å². The molecule has 1 aromatic heterocycles. The van der Waals surface area contributed by atoms with Gasteiger partial charge in [0, 0.05) is 24.8 Å². The van der Waals surface area contributed by atoms with Gasteiger partial charge in [0.25, 0.3) is 5.91 Å². The molecule has 3 aromatic rings. The molecule has 1 heterocycles. The molecule has 0 saturated heterocycles. The fraction of sp³-hybridized carbons (Fsp3) is 0.269. The van der Waals surface area contributed by atoms with Crippen LogP contribution in [0.15, 0.2) is 72.9 Å². The minimum Gasteiger partial charge on any atom is -0.487 e. The normalized spacial score (nSPS) is 10.9. The second-order valence-corrected chi connectivity index (χ2v) is 8.49. The predicted molar refractivity (Wildman–Crippen MR) is 126 cm³/mol. The van der Waals surface area contributed by atoms with Crippen molar-refractivity contribution in [1.82, 2.24) is 15.6 Å². The number of carbonyl (C=O) groups is 2. The molecule has 0 saturated carbocycles. The Labute approximate surface area is 194 Å². The Kier molecular flexibility index (Phi) is 8.02. The quantitative estimate of drug-likeness (QED) is 0.526. The highest BCUT2D eigenvalue weighted by Gasteiger charge is 2.15. The monoisotopic (exact) mass is 447 g/mol. The summed E-state index contributed by atoms with van der Waals surface area (Å²) in [7, 11) is 0. The molecule has 0 fully saturated rings. The van der Waals surface area contributed by atoms with E-state index in [-0.39, 0.29) is 5.91 Å². The van der Waals surface area contributed by atoms with Crippen molar-refractivity contribution in [2.24, 2.45) is 0 Å². The molecule has 0 aliphatic heterocycles. The van der Waals surface area contributed by atoms with Gasteiger partial charge in [0.1, 0.15) is 18.0 Å². The standard InChI is InChI=1S/C26H29N3O4/c1-26(2,3)33-25(31)29-16-19-10-12-21(13-11-19)24(30)28-17-20-7-6-9-23(15-20)32-18-22-8-4-5-14-27-22/h4-15H,16-18H2,1-3H3,(H,28,30)(H,29,31). The van der Waals surface area contributed by atoms with Crippen LogP contribution in [0.25, 0.3) is 0 Å². The molecule has 2 aromatic carbocycles. The highest BCUT2D eigenvalue weighted by Crippen LogP contribution is 2.15. The first kappa shape index (κ1) is 23.8. The van der Waals surface area contributed by atoms with E-state index in [2.05, 4.69) is 15.6 Å². The molecule has 0 atom stereocenters. The average Bonchev–Trinajstić information content (AvgIpc) is 2.80. The summed E-state index contributed by atoms with van der Waals surface area (Å²) in [5.74, 6) is 0.538. The van der Waals surface area contributed by atoms with Gasteiger partial charge in [0.15, 0.2) is 0 Å². The van der Waals surface area contributed by atoms with Crippen LogP contribution in [0.3, 0.4) is 0 Å². The maximum Gasteiger partial charge on any atom is 0.407 e. The minimum absolute atomic E-state index is 0.179. The van der Waals surface area contributed by atoms with Crippen LogP contribution in [-0.4, -0.2) is 22.6 Å². The molecule has 0 unspecified atom stereocenters. The van der Waals surface area contributed by atoms with E-state index in [1.807, 2.05) is 63.2 Å². The second kappa shape index (κ2) is 11.1. The zero-order chi connectivity index (χ0) is 23.7. The number of benzene rings is 2. The summed E-state index contributed by atoms with van der Waals surface area (Å²) in [6, 6.07) is 20.3. The zero-order valence-electron chi connectivity index (χ0n) is 19.1. The summed E-state index contributed by atoms with van der Waals surface area (Å²) in [6.07, 6.45) is 1.25. The van der Waals surface area contributed by atoms with Crippen molar-refractivity contribution in [2.75, 3.05) is 0 Å². The van der Waals surface area contributed by atoms with Gasteiger partial charge in [-0.15, -0.1) is 0 Å². The zero-order valence-corrected chi connectivity index (χ0v) is 19.1. The van der Waals surface area contributed by atoms with Crippen molar-refractivity contribution in [3.8, 4) is 5.75 Å². The van der Waals surface area contributed by atoms with E-state index in [4.69, 9.17) is 9.47 Å². The first-order valence-corrected chi connectivity index (χ1v) is 10.7. The van der Waals surface area contributed by atoms with Crippen LogP contribution in [-0.2, 0) is 24.4 Å². The van der Waals surface area contributed by atoms with Crippen molar-refractivity contribution in [3.05, 3.63) is 95.3 Å². The number of amides is 2. The third-order valence-corrected chi connectivity index (χ3v) is 4.52. The van der Waals surface area contributed by atoms with Gasteiger partial charge in [-0.2, -0.15) is 0 Å². The smallest absolute Gasteiger partial charge is 0.407 e. The van der Waals surface area contributed by atoms with Gasteiger partial charge in [-0.05, 0) is 68.3 Å². The second-order valence-electron chi connectivity index (χ2n) is 8.49. The third-order valence-electron chi connectivity index (χ3n) is 4.52. The van der Waals surface area contributed by atoms with Crippen LogP contribution < -0.4 is 15.4 Å². The Morgan fingerprint density at radius 3 is 2.33 bits per heavy atom. The predicted octanol–water partition coefficient (Wildman–Crippen LogP) is 4.62. The number of alkyl carbamates (subject to hydrolysis) is 1. The molecule has 33 heavy (non-hydrogen) atoms. The van der Waals surface area contributed by atoms with Crippen molar-refractivity contribution in [2.45, 2.75) is 46.1 Å². The van der Waals surface area contributed by atoms with E-state index >= 15 is 0 Å². The van der Waals surface area contributed by atoms with E-state index in [0.717, 1.165) is 16.8 Å². The van der Waals surface area contributed by atoms with E-state index < -0.39 is 11.7 Å². The minimum atomic E-state index is -0.545. The molecule has 7 heteroatoms. The number of rotatable bonds is 8. The van der Waals surface area contributed by atoms with Gasteiger partial charge in [-0.3, -0.25) is 9.78 Å². The van der Waals surface area contributed by atoms with Crippen LogP contribution in [0.4, 0.5) is 4.79 Å². The third kappa shape index (κ3) is 8.29. The van der Waals surface area contributed by atoms with Crippen LogP contribution in [0.1, 0.15) is 48.0 Å². The summed E-state index contributed by atoms with van der Waals surface area (Å²) in [5, 5.41) is 5.61. The SMILES string of the molecule is CC(C)(C)OC(=O)NCc1ccc(C(=O)NCc2cccc(OCc3ccccn3)c2)cc1. The number of carbonyl (C=O) groups excluding carboxylic acids is 2. The fourth-order valence-electron chi connectivity index (χ4n) is 2.93. The Morgan fingerprint density at radius 1 is 0.879 bits per heavy atom. The maximum absolute atomic E-state index is 12.5. The molecule has 0 bridgehead atoms. The van der Waals surface area contributed by atoms with E-state index in [1.54, 1.807) is 30.5 Å². The first-order chi connectivity index (χ1) is 15.8. The lowest BCUT2D eigenvalue weighted by atomic mass is 10.1. The lowest BCUT2D eigenvalue weighted by Gasteiger charge is -2.19. The molecule has 2 N–H and O–H groups in total. The summed E-state index contributed by atoms with van der Waals surface area (Å²) in [5.41, 5.74) is 2.64. The fourth-order valence-corrected chi connectivity index (χ4v) is 2.93. The largest absolute Gasteiger partial charge is 0.487 e. The first-order valence-electron chi connectivity index (χ1n) is 10.7. The van der Waals surface area contributed by atoms with Gasteiger partial charge in [0.2, 0.25) is 0 Å². The van der Waals surface area contributed by atoms with Crippen LogP contribution in [0.5, 0.6) is 5.75 Å². The molecule has 2 amide bonds. The molecule has 0 aliphatic rings. The highest BCUT2D eigenvalue weighted by atomic mass is 16.6. The average molecular weight is 448 g/mol. The number of hydrogen-bond donors (Lipinski definition) is 2. The summed E-state index contributed by atoms with van der Waals surface area (Å²) < 4.78 is 11.0. The van der Waals surface area contributed by atoms with Crippen molar-refractivity contribution >= 4 is 12.0 Å². The number of nitrogens with one attached hydrogen (secondary N) is 2. The molecule has 0 radical (unpaired) electrons. The molecule has 0 aliphatic carbocycles. The number of aromatic nitrogens is 1. The lowest BCUT2D eigenvalue weighted by Crippen LogP contribution is -2.32. The number of nitrogens with zero attached hydrogens (tertiary/aromatic N) is 1. The van der Waals surface area contributed by atoms with Crippen molar-refractivity contribution in [1.29, 1.82) is 0 Å². The van der Waals surface area contributed by atoms with Gasteiger partial charge >= 0.3 is 6.09 Å². The molecule has 7 nitrogen and oxygen atoms in total. The van der Waals surface area contributed by atoms with Gasteiger partial charge < -0.3 is 20.1 Å².